The summed E-state index contributed by atoms with van der Waals surface area (Å²) in [5, 5.41) is 17.2. The van der Waals surface area contributed by atoms with Gasteiger partial charge in [-0.3, -0.25) is 0 Å². The number of carbonyl (C=O) groups is 1. The highest BCUT2D eigenvalue weighted by Gasteiger charge is 2.37. The number of carbonyl (C=O) groups excluding carboxylic acids is 1. The van der Waals surface area contributed by atoms with E-state index in [1.807, 2.05) is 19.1 Å². The normalized spacial score (nSPS) is 27.7. The van der Waals surface area contributed by atoms with Crippen LogP contribution in [0.25, 0.3) is 0 Å². The first-order chi connectivity index (χ1) is 15.5. The largest absolute Gasteiger partial charge is 0.493 e. The van der Waals surface area contributed by atoms with Crippen LogP contribution in [0.2, 0.25) is 0 Å². The van der Waals surface area contributed by atoms with Crippen LogP contribution in [0, 0.1) is 5.92 Å². The van der Waals surface area contributed by atoms with Crippen LogP contribution in [-0.4, -0.2) is 73.7 Å². The predicted octanol–water partition coefficient (Wildman–Crippen LogP) is 2.56. The van der Waals surface area contributed by atoms with E-state index in [1.54, 1.807) is 6.08 Å². The summed E-state index contributed by atoms with van der Waals surface area (Å²) in [6.07, 6.45) is 9.14. The molecule has 2 heterocycles. The molecule has 2 amide bonds. The molecule has 0 aromatic rings. The number of aliphatic hydroxyl groups is 1. The fraction of sp³-hybridized carbons (Fsp3) is 0.625. The number of nitrogens with zero attached hydrogens (tertiary/aromatic N) is 1. The Morgan fingerprint density at radius 1 is 1.22 bits per heavy atom. The first kappa shape index (κ1) is 23.0. The number of halogens is 1. The molecule has 3 N–H and O–H groups in total. The van der Waals surface area contributed by atoms with Gasteiger partial charge < -0.3 is 30.1 Å². The van der Waals surface area contributed by atoms with Crippen molar-refractivity contribution in [3.8, 4) is 0 Å². The summed E-state index contributed by atoms with van der Waals surface area (Å²) in [5.41, 5.74) is 1.82. The Morgan fingerprint density at radius 2 is 2.03 bits per heavy atom. The van der Waals surface area contributed by atoms with Gasteiger partial charge in [0.2, 0.25) is 0 Å². The lowest BCUT2D eigenvalue weighted by Gasteiger charge is -2.38. The highest BCUT2D eigenvalue weighted by atomic mass is 19.1. The van der Waals surface area contributed by atoms with Gasteiger partial charge in [0.05, 0.1) is 18.8 Å². The number of hydrogen-bond acceptors (Lipinski definition) is 5. The Hall–Kier alpha value is -2.16. The van der Waals surface area contributed by atoms with E-state index in [2.05, 4.69) is 15.5 Å². The van der Waals surface area contributed by atoms with Crippen LogP contribution in [0.3, 0.4) is 0 Å². The molecule has 0 aromatic heterocycles. The monoisotopic (exact) mass is 447 g/mol. The van der Waals surface area contributed by atoms with Crippen LogP contribution < -0.4 is 10.6 Å². The van der Waals surface area contributed by atoms with E-state index in [1.165, 1.54) is 6.08 Å². The Labute approximate surface area is 189 Å². The van der Waals surface area contributed by atoms with Crippen molar-refractivity contribution in [3.63, 3.8) is 0 Å². The number of rotatable bonds is 7. The molecule has 0 saturated carbocycles. The zero-order valence-electron chi connectivity index (χ0n) is 18.7. The van der Waals surface area contributed by atoms with Crippen LogP contribution in [0.15, 0.2) is 47.0 Å². The van der Waals surface area contributed by atoms with Gasteiger partial charge in [-0.25, -0.2) is 9.18 Å². The van der Waals surface area contributed by atoms with Crippen molar-refractivity contribution < 1.29 is 23.8 Å². The summed E-state index contributed by atoms with van der Waals surface area (Å²) in [5.74, 6) is 0.615. The third kappa shape index (κ3) is 5.60. The highest BCUT2D eigenvalue weighted by Crippen LogP contribution is 2.33. The SMILES string of the molecule is CC1C([C@@H](O)[C@@H](CN2CCCC2)NC(=O)NCC2=CC=C(F)CC2)=CC=C2OCCOC21. The molecule has 2 unspecified atom stereocenters. The maximum atomic E-state index is 13.2. The van der Waals surface area contributed by atoms with Crippen molar-refractivity contribution in [1.82, 2.24) is 15.5 Å². The van der Waals surface area contributed by atoms with Crippen molar-refractivity contribution in [2.24, 2.45) is 5.92 Å². The summed E-state index contributed by atoms with van der Waals surface area (Å²) in [6.45, 7) is 5.97. The molecule has 2 aliphatic heterocycles. The first-order valence-corrected chi connectivity index (χ1v) is 11.7. The average Bonchev–Trinajstić information content (AvgIpc) is 3.31. The molecular weight excluding hydrogens is 413 g/mol. The third-order valence-corrected chi connectivity index (χ3v) is 6.70. The van der Waals surface area contributed by atoms with Crippen molar-refractivity contribution in [1.29, 1.82) is 0 Å². The van der Waals surface area contributed by atoms with Gasteiger partial charge >= 0.3 is 6.03 Å². The van der Waals surface area contributed by atoms with Crippen LogP contribution in [0.1, 0.15) is 32.6 Å². The second kappa shape index (κ2) is 10.6. The Balaban J connectivity index is 1.42. The zero-order valence-corrected chi connectivity index (χ0v) is 18.7. The first-order valence-electron chi connectivity index (χ1n) is 11.7. The molecule has 176 valence electrons. The van der Waals surface area contributed by atoms with E-state index in [0.29, 0.717) is 39.1 Å². The number of allylic oxidation sites excluding steroid dienone is 5. The predicted molar refractivity (Wildman–Crippen MR) is 120 cm³/mol. The summed E-state index contributed by atoms with van der Waals surface area (Å²) >= 11 is 0. The van der Waals surface area contributed by atoms with Crippen LogP contribution in [0.5, 0.6) is 0 Å². The van der Waals surface area contributed by atoms with Crippen LogP contribution >= 0.6 is 0 Å². The lowest BCUT2D eigenvalue weighted by Crippen LogP contribution is -2.54. The van der Waals surface area contributed by atoms with Gasteiger partial charge in [0, 0.05) is 25.4 Å². The number of amides is 2. The summed E-state index contributed by atoms with van der Waals surface area (Å²) in [4.78, 5) is 15.0. The molecule has 7 nitrogen and oxygen atoms in total. The molecule has 32 heavy (non-hydrogen) atoms. The summed E-state index contributed by atoms with van der Waals surface area (Å²) in [6, 6.07) is -0.791. The van der Waals surface area contributed by atoms with E-state index in [0.717, 1.165) is 42.8 Å². The molecule has 4 atom stereocenters. The molecule has 0 bridgehead atoms. The van der Waals surface area contributed by atoms with E-state index in [-0.39, 0.29) is 23.9 Å². The summed E-state index contributed by atoms with van der Waals surface area (Å²) in [7, 11) is 0. The molecule has 4 aliphatic rings. The number of nitrogens with one attached hydrogen (secondary N) is 2. The van der Waals surface area contributed by atoms with Gasteiger partial charge in [-0.15, -0.1) is 0 Å². The fourth-order valence-corrected chi connectivity index (χ4v) is 4.82. The van der Waals surface area contributed by atoms with Gasteiger partial charge in [-0.1, -0.05) is 24.6 Å². The molecule has 2 saturated heterocycles. The minimum Gasteiger partial charge on any atom is -0.493 e. The molecular formula is C24H34FN3O4. The molecule has 0 aromatic carbocycles. The van der Waals surface area contributed by atoms with E-state index >= 15 is 0 Å². The topological polar surface area (TPSA) is 83.1 Å². The highest BCUT2D eigenvalue weighted by molar-refractivity contribution is 5.74. The van der Waals surface area contributed by atoms with Gasteiger partial charge in [0.1, 0.15) is 24.3 Å². The van der Waals surface area contributed by atoms with E-state index < -0.39 is 12.1 Å². The van der Waals surface area contributed by atoms with Gasteiger partial charge in [0.25, 0.3) is 0 Å². The second-order valence-electron chi connectivity index (χ2n) is 8.99. The second-order valence-corrected chi connectivity index (χ2v) is 8.99. The number of ether oxygens (including phenoxy) is 2. The van der Waals surface area contributed by atoms with Gasteiger partial charge in [-0.2, -0.15) is 0 Å². The van der Waals surface area contributed by atoms with Crippen molar-refractivity contribution in [2.75, 3.05) is 39.4 Å². The van der Waals surface area contributed by atoms with Crippen LogP contribution in [0.4, 0.5) is 9.18 Å². The Bertz CT molecular complexity index is 816. The minimum absolute atomic E-state index is 0.0506. The zero-order chi connectivity index (χ0) is 22.5. The number of aliphatic hydroxyl groups excluding tert-OH is 1. The average molecular weight is 448 g/mol. The smallest absolute Gasteiger partial charge is 0.315 e. The lowest BCUT2D eigenvalue weighted by molar-refractivity contribution is -0.0630. The van der Waals surface area contributed by atoms with E-state index in [4.69, 9.17) is 9.47 Å². The molecule has 0 spiro atoms. The molecule has 8 heteroatoms. The number of urea groups is 1. The lowest BCUT2D eigenvalue weighted by atomic mass is 9.83. The maximum Gasteiger partial charge on any atom is 0.315 e. The standard InChI is InChI=1S/C24H34FN3O4/c1-16-19(8-9-21-23(16)32-13-12-31-21)22(29)20(15-28-10-2-3-11-28)27-24(30)26-14-17-4-6-18(25)7-5-17/h4,6,8-9,16,20,22-23,29H,2-3,5,7,10-15H2,1H3,(H2,26,27,30)/t16?,20-,22-,23?/m1/s1. The maximum absolute atomic E-state index is 13.2. The van der Waals surface area contributed by atoms with E-state index in [9.17, 15) is 14.3 Å². The quantitative estimate of drug-likeness (QED) is 0.559. The minimum atomic E-state index is -0.842. The fourth-order valence-electron chi connectivity index (χ4n) is 4.82. The van der Waals surface area contributed by atoms with Crippen molar-refractivity contribution >= 4 is 6.03 Å². The third-order valence-electron chi connectivity index (χ3n) is 6.70. The molecule has 2 aliphatic carbocycles. The molecule has 0 radical (unpaired) electrons. The molecule has 4 rings (SSSR count). The number of hydrogen-bond donors (Lipinski definition) is 3. The Kier molecular flexibility index (Phi) is 7.65. The van der Waals surface area contributed by atoms with Crippen LogP contribution in [-0.2, 0) is 9.47 Å². The Morgan fingerprint density at radius 3 is 2.78 bits per heavy atom. The van der Waals surface area contributed by atoms with Crippen molar-refractivity contribution in [2.45, 2.75) is 50.9 Å². The number of likely N-dealkylation sites (tertiary alicyclic amines) is 1. The summed E-state index contributed by atoms with van der Waals surface area (Å²) < 4.78 is 24.8. The molecule has 2 fully saturated rings. The number of fused-ring (bicyclic) bond motifs is 1. The van der Waals surface area contributed by atoms with Crippen molar-refractivity contribution in [3.05, 3.63) is 47.0 Å². The van der Waals surface area contributed by atoms with Gasteiger partial charge in [0.15, 0.2) is 0 Å². The van der Waals surface area contributed by atoms with Gasteiger partial charge in [-0.05, 0) is 50.1 Å².